The molecule has 3 nitrogen and oxygen atoms in total. The minimum absolute atomic E-state index is 0.603. The van der Waals surface area contributed by atoms with Crippen LogP contribution in [-0.2, 0) is 0 Å². The lowest BCUT2D eigenvalue weighted by Crippen LogP contribution is -2.34. The van der Waals surface area contributed by atoms with E-state index in [0.29, 0.717) is 11.5 Å². The van der Waals surface area contributed by atoms with Crippen molar-refractivity contribution in [1.82, 2.24) is 4.90 Å². The van der Waals surface area contributed by atoms with E-state index in [1.165, 1.54) is 0 Å². The molecule has 0 aliphatic carbocycles. The van der Waals surface area contributed by atoms with Gasteiger partial charge in [0.05, 0.1) is 0 Å². The Morgan fingerprint density at radius 2 is 1.95 bits per heavy atom. The van der Waals surface area contributed by atoms with Crippen LogP contribution in [0.5, 0.6) is 0 Å². The van der Waals surface area contributed by atoms with E-state index in [1.807, 2.05) is 18.2 Å². The van der Waals surface area contributed by atoms with Crippen molar-refractivity contribution in [3.63, 3.8) is 0 Å². The predicted molar refractivity (Wildman–Crippen MR) is 85.1 cm³/mol. The van der Waals surface area contributed by atoms with Crippen LogP contribution in [0.4, 0.5) is 5.69 Å². The number of hydrogen-bond donors (Lipinski definition) is 0. The number of rotatable bonds is 7. The first-order valence-corrected chi connectivity index (χ1v) is 7.37. The smallest absolute Gasteiger partial charge is 0.151 e. The lowest BCUT2D eigenvalue weighted by molar-refractivity contribution is 0.112. The summed E-state index contributed by atoms with van der Waals surface area (Å²) < 4.78 is 0.860. The Kier molecular flexibility index (Phi) is 6.52. The van der Waals surface area contributed by atoms with Gasteiger partial charge in [0.1, 0.15) is 0 Å². The van der Waals surface area contributed by atoms with Crippen molar-refractivity contribution >= 4 is 27.9 Å². The Morgan fingerprint density at radius 1 is 1.26 bits per heavy atom. The molecule has 106 valence electrons. The van der Waals surface area contributed by atoms with E-state index in [9.17, 15) is 4.79 Å². The molecule has 4 heteroatoms. The topological polar surface area (TPSA) is 23.6 Å². The monoisotopic (exact) mass is 326 g/mol. The lowest BCUT2D eigenvalue weighted by Gasteiger charge is -2.28. The van der Waals surface area contributed by atoms with Crippen molar-refractivity contribution in [2.24, 2.45) is 5.92 Å². The third-order valence-electron chi connectivity index (χ3n) is 2.88. The molecule has 0 spiro atoms. The Labute approximate surface area is 124 Å². The van der Waals surface area contributed by atoms with Crippen molar-refractivity contribution < 1.29 is 4.79 Å². The average Bonchev–Trinajstić information content (AvgIpc) is 2.33. The molecule has 0 unspecified atom stereocenters. The maximum Gasteiger partial charge on any atom is 0.151 e. The second-order valence-corrected chi connectivity index (χ2v) is 6.32. The van der Waals surface area contributed by atoms with E-state index in [4.69, 9.17) is 0 Å². The van der Waals surface area contributed by atoms with Crippen molar-refractivity contribution in [3.05, 3.63) is 28.2 Å². The van der Waals surface area contributed by atoms with Gasteiger partial charge in [0, 0.05) is 35.4 Å². The van der Waals surface area contributed by atoms with Gasteiger partial charge in [0.25, 0.3) is 0 Å². The minimum atomic E-state index is 0.603. The first-order chi connectivity index (χ1) is 8.93. The van der Waals surface area contributed by atoms with Crippen LogP contribution in [-0.4, -0.2) is 44.9 Å². The summed E-state index contributed by atoms with van der Waals surface area (Å²) in [6.07, 6.45) is 0.875. The zero-order chi connectivity index (χ0) is 14.4. The van der Waals surface area contributed by atoms with E-state index < -0.39 is 0 Å². The van der Waals surface area contributed by atoms with Crippen LogP contribution >= 0.6 is 15.9 Å². The van der Waals surface area contributed by atoms with E-state index in [1.54, 1.807) is 0 Å². The number of carbonyl (C=O) groups is 1. The molecule has 0 saturated heterocycles. The Hall–Kier alpha value is -0.870. The van der Waals surface area contributed by atoms with Crippen LogP contribution in [0.15, 0.2) is 22.7 Å². The Bertz CT molecular complexity index is 419. The zero-order valence-corrected chi connectivity index (χ0v) is 13.8. The summed E-state index contributed by atoms with van der Waals surface area (Å²) in [5.41, 5.74) is 1.86. The van der Waals surface area contributed by atoms with E-state index in [0.717, 1.165) is 36.1 Å². The van der Waals surface area contributed by atoms with Gasteiger partial charge in [0.15, 0.2) is 6.29 Å². The molecule has 0 amide bonds. The van der Waals surface area contributed by atoms with Gasteiger partial charge in [-0.25, -0.2) is 0 Å². The SMILES string of the molecule is CC(C)CN(CCN(C)C)c1ccc(C=O)c(Br)c1. The number of aldehydes is 1. The van der Waals surface area contributed by atoms with Crippen LogP contribution in [0.25, 0.3) is 0 Å². The number of likely N-dealkylation sites (N-methyl/N-ethyl adjacent to an activating group) is 1. The molecule has 0 heterocycles. The number of nitrogens with zero attached hydrogens (tertiary/aromatic N) is 2. The van der Waals surface area contributed by atoms with E-state index in [-0.39, 0.29) is 0 Å². The molecule has 0 fully saturated rings. The molecular formula is C15H23BrN2O. The maximum absolute atomic E-state index is 10.9. The summed E-state index contributed by atoms with van der Waals surface area (Å²) in [6.45, 7) is 7.45. The van der Waals surface area contributed by atoms with Gasteiger partial charge in [-0.3, -0.25) is 4.79 Å². The Morgan fingerprint density at radius 3 is 2.42 bits per heavy atom. The summed E-state index contributed by atoms with van der Waals surface area (Å²) in [5, 5.41) is 0. The second kappa shape index (κ2) is 7.65. The highest BCUT2D eigenvalue weighted by molar-refractivity contribution is 9.10. The fourth-order valence-electron chi connectivity index (χ4n) is 1.90. The van der Waals surface area contributed by atoms with E-state index in [2.05, 4.69) is 53.7 Å². The standard InChI is InChI=1S/C15H23BrN2O/c1-12(2)10-18(8-7-17(3)4)14-6-5-13(11-19)15(16)9-14/h5-6,9,11-12H,7-8,10H2,1-4H3. The molecule has 0 radical (unpaired) electrons. The fraction of sp³-hybridized carbons (Fsp3) is 0.533. The van der Waals surface area contributed by atoms with Crippen molar-refractivity contribution in [3.8, 4) is 0 Å². The van der Waals surface area contributed by atoms with E-state index >= 15 is 0 Å². The molecule has 0 aromatic heterocycles. The molecule has 0 atom stereocenters. The van der Waals surface area contributed by atoms with Crippen LogP contribution in [0.1, 0.15) is 24.2 Å². The van der Waals surface area contributed by atoms with Gasteiger partial charge >= 0.3 is 0 Å². The molecule has 0 saturated carbocycles. The van der Waals surface area contributed by atoms with Gasteiger partial charge in [0.2, 0.25) is 0 Å². The molecule has 1 aromatic carbocycles. The van der Waals surface area contributed by atoms with Gasteiger partial charge in [-0.2, -0.15) is 0 Å². The molecule has 0 aliphatic rings. The van der Waals surface area contributed by atoms with Crippen molar-refractivity contribution in [1.29, 1.82) is 0 Å². The summed E-state index contributed by atoms with van der Waals surface area (Å²) in [7, 11) is 4.16. The first kappa shape index (κ1) is 16.2. The van der Waals surface area contributed by atoms with Gasteiger partial charge in [-0.1, -0.05) is 13.8 Å². The van der Waals surface area contributed by atoms with Gasteiger partial charge in [-0.15, -0.1) is 0 Å². The summed E-state index contributed by atoms with van der Waals surface area (Å²) in [5.74, 6) is 0.603. The highest BCUT2D eigenvalue weighted by Crippen LogP contribution is 2.24. The largest absolute Gasteiger partial charge is 0.370 e. The molecule has 1 rings (SSSR count). The zero-order valence-electron chi connectivity index (χ0n) is 12.2. The van der Waals surface area contributed by atoms with Crippen LogP contribution in [0.2, 0.25) is 0 Å². The lowest BCUT2D eigenvalue weighted by atomic mass is 10.1. The summed E-state index contributed by atoms with van der Waals surface area (Å²) in [4.78, 5) is 15.4. The normalized spacial score (nSPS) is 11.1. The van der Waals surface area contributed by atoms with Gasteiger partial charge in [-0.05, 0) is 54.1 Å². The molecule has 0 bridgehead atoms. The molecule has 0 N–H and O–H groups in total. The van der Waals surface area contributed by atoms with Crippen molar-refractivity contribution in [2.45, 2.75) is 13.8 Å². The number of carbonyl (C=O) groups excluding carboxylic acids is 1. The molecule has 0 aliphatic heterocycles. The Balaban J connectivity index is 2.89. The van der Waals surface area contributed by atoms with Gasteiger partial charge < -0.3 is 9.80 Å². The number of hydrogen-bond acceptors (Lipinski definition) is 3. The summed E-state index contributed by atoms with van der Waals surface area (Å²) >= 11 is 3.45. The quantitative estimate of drug-likeness (QED) is 0.718. The maximum atomic E-state index is 10.9. The fourth-order valence-corrected chi connectivity index (χ4v) is 2.36. The highest BCUT2D eigenvalue weighted by atomic mass is 79.9. The molecule has 19 heavy (non-hydrogen) atoms. The van der Waals surface area contributed by atoms with Crippen LogP contribution in [0.3, 0.4) is 0 Å². The van der Waals surface area contributed by atoms with Crippen LogP contribution in [0, 0.1) is 5.92 Å². The third-order valence-corrected chi connectivity index (χ3v) is 3.57. The summed E-state index contributed by atoms with van der Waals surface area (Å²) in [6, 6.07) is 5.92. The minimum Gasteiger partial charge on any atom is -0.370 e. The number of anilines is 1. The molecule has 1 aromatic rings. The second-order valence-electron chi connectivity index (χ2n) is 5.47. The third kappa shape index (κ3) is 5.33. The van der Waals surface area contributed by atoms with Crippen LogP contribution < -0.4 is 4.90 Å². The number of benzene rings is 1. The first-order valence-electron chi connectivity index (χ1n) is 6.58. The van der Waals surface area contributed by atoms with Crippen molar-refractivity contribution in [2.75, 3.05) is 38.6 Å². The highest BCUT2D eigenvalue weighted by Gasteiger charge is 2.10. The molecular weight excluding hydrogens is 304 g/mol. The average molecular weight is 327 g/mol. The number of halogens is 1. The predicted octanol–water partition coefficient (Wildman–Crippen LogP) is 3.29.